The predicted molar refractivity (Wildman–Crippen MR) is 84.5 cm³/mol. The van der Waals surface area contributed by atoms with Crippen LogP contribution in [-0.2, 0) is 4.79 Å². The molecule has 2 aromatic carbocycles. The van der Waals surface area contributed by atoms with Crippen molar-refractivity contribution in [1.29, 1.82) is 0 Å². The van der Waals surface area contributed by atoms with E-state index in [1.165, 1.54) is 6.08 Å². The number of ether oxygens (including phenoxy) is 1. The van der Waals surface area contributed by atoms with Crippen LogP contribution in [-0.4, -0.2) is 5.91 Å². The highest BCUT2D eigenvalue weighted by Gasteiger charge is 2.06. The maximum Gasteiger partial charge on any atom is 0.247 e. The minimum Gasteiger partial charge on any atom is -0.455 e. The Hall–Kier alpha value is -1.82. The molecule has 1 N–H and O–H groups in total. The molecule has 0 heterocycles. The van der Waals surface area contributed by atoms with Crippen LogP contribution in [0.3, 0.4) is 0 Å². The SMILES string of the molecule is C=CC(=O)Nc1ccccc1Oc1cccc(I)c1. The van der Waals surface area contributed by atoms with E-state index in [1.54, 1.807) is 12.1 Å². The van der Waals surface area contributed by atoms with Crippen LogP contribution in [0.4, 0.5) is 5.69 Å². The number of rotatable bonds is 4. The van der Waals surface area contributed by atoms with Crippen molar-refractivity contribution in [1.82, 2.24) is 0 Å². The molecule has 2 aromatic rings. The first-order valence-electron chi connectivity index (χ1n) is 5.65. The highest BCUT2D eigenvalue weighted by Crippen LogP contribution is 2.29. The van der Waals surface area contributed by atoms with Crippen LogP contribution >= 0.6 is 22.6 Å². The summed E-state index contributed by atoms with van der Waals surface area (Å²) in [5.41, 5.74) is 0.617. The number of amides is 1. The Morgan fingerprint density at radius 2 is 2.00 bits per heavy atom. The highest BCUT2D eigenvalue weighted by molar-refractivity contribution is 14.1. The summed E-state index contributed by atoms with van der Waals surface area (Å²) in [6.45, 7) is 3.43. The van der Waals surface area contributed by atoms with E-state index in [0.29, 0.717) is 11.4 Å². The number of para-hydroxylation sites is 2. The van der Waals surface area contributed by atoms with Crippen molar-refractivity contribution in [3.05, 3.63) is 64.8 Å². The Morgan fingerprint density at radius 3 is 2.74 bits per heavy atom. The number of hydrogen-bond acceptors (Lipinski definition) is 2. The van der Waals surface area contributed by atoms with E-state index in [2.05, 4.69) is 34.5 Å². The Labute approximate surface area is 125 Å². The van der Waals surface area contributed by atoms with Crippen LogP contribution in [0.25, 0.3) is 0 Å². The van der Waals surface area contributed by atoms with Crippen LogP contribution in [0.5, 0.6) is 11.5 Å². The number of hydrogen-bond donors (Lipinski definition) is 1. The lowest BCUT2D eigenvalue weighted by atomic mass is 10.3. The summed E-state index contributed by atoms with van der Waals surface area (Å²) in [5, 5.41) is 2.71. The minimum atomic E-state index is -0.265. The average Bonchev–Trinajstić information content (AvgIpc) is 2.41. The van der Waals surface area contributed by atoms with Gasteiger partial charge in [-0.1, -0.05) is 24.8 Å². The molecule has 0 saturated heterocycles. The van der Waals surface area contributed by atoms with Gasteiger partial charge in [-0.3, -0.25) is 4.79 Å². The molecule has 0 bridgehead atoms. The number of carbonyl (C=O) groups excluding carboxylic acids is 1. The van der Waals surface area contributed by atoms with Gasteiger partial charge in [-0.05, 0) is 59.0 Å². The minimum absolute atomic E-state index is 0.265. The van der Waals surface area contributed by atoms with Gasteiger partial charge in [0.05, 0.1) is 5.69 Å². The Bertz CT molecular complexity index is 611. The third kappa shape index (κ3) is 3.82. The van der Waals surface area contributed by atoms with Gasteiger partial charge >= 0.3 is 0 Å². The smallest absolute Gasteiger partial charge is 0.247 e. The van der Waals surface area contributed by atoms with Crippen LogP contribution in [0.2, 0.25) is 0 Å². The standard InChI is InChI=1S/C15H12INO2/c1-2-15(18)17-13-8-3-4-9-14(13)19-12-7-5-6-11(16)10-12/h2-10H,1H2,(H,17,18). The van der Waals surface area contributed by atoms with E-state index in [9.17, 15) is 4.79 Å². The van der Waals surface area contributed by atoms with Crippen LogP contribution in [0, 0.1) is 3.57 Å². The van der Waals surface area contributed by atoms with Crippen molar-refractivity contribution in [3.63, 3.8) is 0 Å². The molecule has 0 aliphatic heterocycles. The number of carbonyl (C=O) groups is 1. The Kier molecular flexibility index (Phi) is 4.57. The van der Waals surface area contributed by atoms with Crippen LogP contribution < -0.4 is 10.1 Å². The van der Waals surface area contributed by atoms with Gasteiger partial charge in [0.1, 0.15) is 5.75 Å². The molecule has 0 spiro atoms. The van der Waals surface area contributed by atoms with Crippen LogP contribution in [0.1, 0.15) is 0 Å². The van der Waals surface area contributed by atoms with E-state index in [0.717, 1.165) is 9.32 Å². The summed E-state index contributed by atoms with van der Waals surface area (Å²) in [4.78, 5) is 11.4. The average molecular weight is 365 g/mol. The second-order valence-corrected chi connectivity index (χ2v) is 4.99. The first-order valence-corrected chi connectivity index (χ1v) is 6.73. The molecule has 0 aliphatic rings. The summed E-state index contributed by atoms with van der Waals surface area (Å²) in [7, 11) is 0. The lowest BCUT2D eigenvalue weighted by molar-refractivity contribution is -0.111. The lowest BCUT2D eigenvalue weighted by Crippen LogP contribution is -2.08. The fourth-order valence-corrected chi connectivity index (χ4v) is 2.01. The van der Waals surface area contributed by atoms with Gasteiger partial charge in [-0.25, -0.2) is 0 Å². The first-order chi connectivity index (χ1) is 9.19. The molecular weight excluding hydrogens is 353 g/mol. The van der Waals surface area contributed by atoms with Crippen molar-refractivity contribution < 1.29 is 9.53 Å². The van der Waals surface area contributed by atoms with E-state index in [-0.39, 0.29) is 5.91 Å². The third-order valence-electron chi connectivity index (χ3n) is 2.35. The molecule has 19 heavy (non-hydrogen) atoms. The Balaban J connectivity index is 2.25. The quantitative estimate of drug-likeness (QED) is 0.651. The van der Waals surface area contributed by atoms with Gasteiger partial charge in [0.15, 0.2) is 5.75 Å². The van der Waals surface area contributed by atoms with Crippen molar-refractivity contribution in [3.8, 4) is 11.5 Å². The molecule has 3 nitrogen and oxygen atoms in total. The molecule has 0 radical (unpaired) electrons. The van der Waals surface area contributed by atoms with Crippen molar-refractivity contribution >= 4 is 34.2 Å². The second kappa shape index (κ2) is 6.38. The van der Waals surface area contributed by atoms with E-state index < -0.39 is 0 Å². The van der Waals surface area contributed by atoms with Crippen molar-refractivity contribution in [2.45, 2.75) is 0 Å². The van der Waals surface area contributed by atoms with Gasteiger partial charge < -0.3 is 10.1 Å². The molecule has 0 aliphatic carbocycles. The largest absolute Gasteiger partial charge is 0.455 e. The Morgan fingerprint density at radius 1 is 1.21 bits per heavy atom. The van der Waals surface area contributed by atoms with Gasteiger partial charge in [-0.2, -0.15) is 0 Å². The summed E-state index contributed by atoms with van der Waals surface area (Å²) >= 11 is 2.22. The molecule has 96 valence electrons. The molecule has 0 aromatic heterocycles. The summed E-state index contributed by atoms with van der Waals surface area (Å²) in [6.07, 6.45) is 1.22. The monoisotopic (exact) mass is 365 g/mol. The van der Waals surface area contributed by atoms with E-state index in [4.69, 9.17) is 4.74 Å². The molecule has 4 heteroatoms. The number of halogens is 1. The fraction of sp³-hybridized carbons (Fsp3) is 0. The molecule has 2 rings (SSSR count). The van der Waals surface area contributed by atoms with E-state index >= 15 is 0 Å². The first kappa shape index (κ1) is 13.6. The van der Waals surface area contributed by atoms with Gasteiger partial charge in [-0.15, -0.1) is 0 Å². The molecular formula is C15H12INO2. The molecule has 0 atom stereocenters. The highest BCUT2D eigenvalue weighted by atomic mass is 127. The molecule has 0 unspecified atom stereocenters. The zero-order chi connectivity index (χ0) is 13.7. The van der Waals surface area contributed by atoms with Gasteiger partial charge in [0.2, 0.25) is 5.91 Å². The topological polar surface area (TPSA) is 38.3 Å². The lowest BCUT2D eigenvalue weighted by Gasteiger charge is -2.11. The maximum atomic E-state index is 11.4. The molecule has 1 amide bonds. The second-order valence-electron chi connectivity index (χ2n) is 3.75. The summed E-state index contributed by atoms with van der Waals surface area (Å²) < 4.78 is 6.87. The summed E-state index contributed by atoms with van der Waals surface area (Å²) in [6, 6.07) is 15.0. The van der Waals surface area contributed by atoms with Crippen LogP contribution in [0.15, 0.2) is 61.2 Å². The number of nitrogens with one attached hydrogen (secondary N) is 1. The van der Waals surface area contributed by atoms with Crippen molar-refractivity contribution in [2.24, 2.45) is 0 Å². The maximum absolute atomic E-state index is 11.4. The molecule has 0 saturated carbocycles. The zero-order valence-electron chi connectivity index (χ0n) is 10.1. The molecule has 0 fully saturated rings. The zero-order valence-corrected chi connectivity index (χ0v) is 12.3. The number of benzene rings is 2. The number of anilines is 1. The third-order valence-corrected chi connectivity index (χ3v) is 3.03. The normalized spacial score (nSPS) is 9.74. The fourth-order valence-electron chi connectivity index (χ4n) is 1.50. The summed E-state index contributed by atoms with van der Waals surface area (Å²) in [5.74, 6) is 1.06. The predicted octanol–water partition coefficient (Wildman–Crippen LogP) is 4.21. The van der Waals surface area contributed by atoms with Crippen molar-refractivity contribution in [2.75, 3.05) is 5.32 Å². The van der Waals surface area contributed by atoms with Gasteiger partial charge in [0, 0.05) is 3.57 Å². The van der Waals surface area contributed by atoms with Gasteiger partial charge in [0.25, 0.3) is 0 Å². The van der Waals surface area contributed by atoms with E-state index in [1.807, 2.05) is 36.4 Å².